The summed E-state index contributed by atoms with van der Waals surface area (Å²) in [5, 5.41) is 13.6. The molecule has 25 heavy (non-hydrogen) atoms. The number of carbonyl (C=O) groups excluding carboxylic acids is 2. The zero-order valence-corrected chi connectivity index (χ0v) is 15.6. The molecule has 7 heteroatoms. The summed E-state index contributed by atoms with van der Waals surface area (Å²) >= 11 is 0. The predicted molar refractivity (Wildman–Crippen MR) is 96.5 cm³/mol. The molecule has 0 spiro atoms. The lowest BCUT2D eigenvalue weighted by atomic mass is 9.83. The zero-order chi connectivity index (χ0) is 19.6. The van der Waals surface area contributed by atoms with Crippen LogP contribution >= 0.6 is 0 Å². The molecule has 3 N–H and O–H groups in total. The van der Waals surface area contributed by atoms with E-state index >= 15 is 0 Å². The van der Waals surface area contributed by atoms with Crippen molar-refractivity contribution in [1.82, 2.24) is 10.6 Å². The predicted octanol–water partition coefficient (Wildman–Crippen LogP) is 3.12. The maximum atomic E-state index is 11.7. The maximum absolute atomic E-state index is 11.7. The summed E-state index contributed by atoms with van der Waals surface area (Å²) in [6.45, 7) is 15.6. The highest BCUT2D eigenvalue weighted by atomic mass is 16.5. The van der Waals surface area contributed by atoms with Crippen LogP contribution in [0.5, 0.6) is 0 Å². The molecule has 7 nitrogen and oxygen atoms in total. The van der Waals surface area contributed by atoms with Crippen molar-refractivity contribution in [2.24, 2.45) is 11.3 Å². The molecule has 0 aromatic rings. The van der Waals surface area contributed by atoms with Crippen molar-refractivity contribution in [2.45, 2.75) is 40.5 Å². The topological polar surface area (TPSA) is 105 Å². The molecule has 0 aliphatic heterocycles. The smallest absolute Gasteiger partial charge is 0.407 e. The van der Waals surface area contributed by atoms with Crippen LogP contribution in [-0.2, 0) is 9.53 Å². The fourth-order valence-corrected chi connectivity index (χ4v) is 2.39. The fraction of sp³-hybridized carbons (Fsp3) is 0.611. The number of amides is 2. The lowest BCUT2D eigenvalue weighted by Crippen LogP contribution is -2.37. The van der Waals surface area contributed by atoms with Crippen LogP contribution in [0.4, 0.5) is 9.59 Å². The highest BCUT2D eigenvalue weighted by Crippen LogP contribution is 2.24. The Kier molecular flexibility index (Phi) is 9.56. The SMILES string of the molecule is C=C(C)C(=O)C(=C)CCOC(=O)NCC(C)(C)CC(C)CNC(=O)O. The van der Waals surface area contributed by atoms with E-state index in [0.717, 1.165) is 6.42 Å². The van der Waals surface area contributed by atoms with Gasteiger partial charge in [0.25, 0.3) is 0 Å². The van der Waals surface area contributed by atoms with E-state index in [1.807, 2.05) is 20.8 Å². The lowest BCUT2D eigenvalue weighted by molar-refractivity contribution is -0.112. The molecule has 0 bridgehead atoms. The fourth-order valence-electron chi connectivity index (χ4n) is 2.39. The summed E-state index contributed by atoms with van der Waals surface area (Å²) in [5.74, 6) is -0.0745. The van der Waals surface area contributed by atoms with E-state index in [9.17, 15) is 14.4 Å². The summed E-state index contributed by atoms with van der Waals surface area (Å²) in [4.78, 5) is 33.8. The molecule has 0 saturated heterocycles. The van der Waals surface area contributed by atoms with Gasteiger partial charge < -0.3 is 20.5 Å². The van der Waals surface area contributed by atoms with Gasteiger partial charge in [-0.15, -0.1) is 0 Å². The van der Waals surface area contributed by atoms with Crippen molar-refractivity contribution in [3.63, 3.8) is 0 Å². The van der Waals surface area contributed by atoms with Crippen LogP contribution in [0.25, 0.3) is 0 Å². The van der Waals surface area contributed by atoms with Gasteiger partial charge in [-0.05, 0) is 35.8 Å². The Bertz CT molecular complexity index is 526. The minimum absolute atomic E-state index is 0.0725. The number of carbonyl (C=O) groups is 3. The highest BCUT2D eigenvalue weighted by Gasteiger charge is 2.22. The van der Waals surface area contributed by atoms with E-state index in [1.54, 1.807) is 6.92 Å². The average molecular weight is 354 g/mol. The van der Waals surface area contributed by atoms with Crippen molar-refractivity contribution >= 4 is 18.0 Å². The number of ether oxygens (including phenoxy) is 1. The van der Waals surface area contributed by atoms with Gasteiger partial charge in [0.1, 0.15) is 0 Å². The first-order chi connectivity index (χ1) is 11.4. The van der Waals surface area contributed by atoms with Crippen LogP contribution in [0, 0.1) is 11.3 Å². The molecule has 1 unspecified atom stereocenters. The van der Waals surface area contributed by atoms with Gasteiger partial charge >= 0.3 is 12.2 Å². The van der Waals surface area contributed by atoms with Crippen LogP contribution in [0.1, 0.15) is 40.5 Å². The second kappa shape index (κ2) is 10.5. The number of rotatable bonds is 11. The Balaban J connectivity index is 4.10. The summed E-state index contributed by atoms with van der Waals surface area (Å²) < 4.78 is 5.04. The van der Waals surface area contributed by atoms with Gasteiger partial charge in [0.15, 0.2) is 5.78 Å². The van der Waals surface area contributed by atoms with Gasteiger partial charge in [-0.25, -0.2) is 9.59 Å². The first-order valence-electron chi connectivity index (χ1n) is 8.20. The molecule has 142 valence electrons. The second-order valence-corrected chi connectivity index (χ2v) is 7.11. The van der Waals surface area contributed by atoms with E-state index in [4.69, 9.17) is 9.84 Å². The molecular formula is C18H30N2O5. The molecule has 0 saturated carbocycles. The monoisotopic (exact) mass is 354 g/mol. The normalized spacial score (nSPS) is 12.0. The Morgan fingerprint density at radius 2 is 1.80 bits per heavy atom. The molecule has 1 atom stereocenters. The lowest BCUT2D eigenvalue weighted by Gasteiger charge is -2.28. The zero-order valence-electron chi connectivity index (χ0n) is 15.6. The van der Waals surface area contributed by atoms with Crippen molar-refractivity contribution < 1.29 is 24.2 Å². The van der Waals surface area contributed by atoms with Gasteiger partial charge in [0, 0.05) is 19.5 Å². The molecule has 0 aliphatic carbocycles. The van der Waals surface area contributed by atoms with E-state index in [2.05, 4.69) is 23.8 Å². The van der Waals surface area contributed by atoms with Gasteiger partial charge in [0.2, 0.25) is 0 Å². The number of alkyl carbamates (subject to hydrolysis) is 1. The third kappa shape index (κ3) is 11.0. The van der Waals surface area contributed by atoms with Crippen LogP contribution < -0.4 is 10.6 Å². The third-order valence-electron chi connectivity index (χ3n) is 3.56. The average Bonchev–Trinajstić information content (AvgIpc) is 2.49. The molecule has 0 heterocycles. The quantitative estimate of drug-likeness (QED) is 0.494. The molecule has 0 fully saturated rings. The standard InChI is InChI=1S/C18H30N2O5/c1-12(2)15(21)14(4)7-8-25-17(24)20-11-18(5,6)9-13(3)10-19-16(22)23/h13,19H,1,4,7-11H2,2-3,5-6H3,(H,20,24)(H,22,23). The molecule has 0 radical (unpaired) electrons. The summed E-state index contributed by atoms with van der Waals surface area (Å²) in [6, 6.07) is 0. The third-order valence-corrected chi connectivity index (χ3v) is 3.56. The van der Waals surface area contributed by atoms with E-state index in [1.165, 1.54) is 0 Å². The first kappa shape index (κ1) is 22.7. The van der Waals surface area contributed by atoms with Crippen LogP contribution in [0.2, 0.25) is 0 Å². The minimum atomic E-state index is -1.04. The van der Waals surface area contributed by atoms with E-state index < -0.39 is 12.2 Å². The Hall–Kier alpha value is -2.31. The van der Waals surface area contributed by atoms with Gasteiger partial charge in [-0.3, -0.25) is 4.79 Å². The number of hydrogen-bond donors (Lipinski definition) is 3. The van der Waals surface area contributed by atoms with Gasteiger partial charge in [-0.1, -0.05) is 33.9 Å². The second-order valence-electron chi connectivity index (χ2n) is 7.11. The number of nitrogens with one attached hydrogen (secondary N) is 2. The van der Waals surface area contributed by atoms with E-state index in [0.29, 0.717) is 24.2 Å². The first-order valence-corrected chi connectivity index (χ1v) is 8.20. The number of allylic oxidation sites excluding steroid dienone is 1. The van der Waals surface area contributed by atoms with Crippen molar-refractivity contribution in [2.75, 3.05) is 19.7 Å². The van der Waals surface area contributed by atoms with Crippen molar-refractivity contribution in [3.8, 4) is 0 Å². The summed E-state index contributed by atoms with van der Waals surface area (Å²) in [6.07, 6.45) is -0.601. The Morgan fingerprint density at radius 1 is 1.20 bits per heavy atom. The summed E-state index contributed by atoms with van der Waals surface area (Å²) in [5.41, 5.74) is 0.557. The molecule has 0 aromatic carbocycles. The van der Waals surface area contributed by atoms with Crippen molar-refractivity contribution in [1.29, 1.82) is 0 Å². The van der Waals surface area contributed by atoms with Crippen LogP contribution in [-0.4, -0.2) is 42.8 Å². The van der Waals surface area contributed by atoms with Crippen LogP contribution in [0.15, 0.2) is 24.3 Å². The highest BCUT2D eigenvalue weighted by molar-refractivity contribution is 6.06. The largest absolute Gasteiger partial charge is 0.465 e. The Labute approximate surface area is 149 Å². The molecule has 0 aromatic heterocycles. The number of ketones is 1. The van der Waals surface area contributed by atoms with Gasteiger partial charge in [0.05, 0.1) is 6.61 Å². The molecule has 0 aliphatic rings. The van der Waals surface area contributed by atoms with Crippen molar-refractivity contribution in [3.05, 3.63) is 24.3 Å². The minimum Gasteiger partial charge on any atom is -0.465 e. The molecule has 0 rings (SSSR count). The number of carboxylic acid groups (broad SMARTS) is 1. The van der Waals surface area contributed by atoms with E-state index in [-0.39, 0.29) is 30.1 Å². The molecular weight excluding hydrogens is 324 g/mol. The van der Waals surface area contributed by atoms with Gasteiger partial charge in [-0.2, -0.15) is 0 Å². The maximum Gasteiger partial charge on any atom is 0.407 e. The summed E-state index contributed by atoms with van der Waals surface area (Å²) in [7, 11) is 0. The molecule has 2 amide bonds. The van der Waals surface area contributed by atoms with Crippen LogP contribution in [0.3, 0.4) is 0 Å². The number of hydrogen-bond acceptors (Lipinski definition) is 4. The Morgan fingerprint density at radius 3 is 2.32 bits per heavy atom. The number of Topliss-reactive ketones (excluding diaryl/α,β-unsaturated/α-hetero) is 1.